The highest BCUT2D eigenvalue weighted by Gasteiger charge is 2.17. The summed E-state index contributed by atoms with van der Waals surface area (Å²) in [4.78, 5) is 13.8. The summed E-state index contributed by atoms with van der Waals surface area (Å²) in [6.45, 7) is 3.74. The first-order valence-corrected chi connectivity index (χ1v) is 5.30. The summed E-state index contributed by atoms with van der Waals surface area (Å²) in [7, 11) is 3.44. The lowest BCUT2D eigenvalue weighted by molar-refractivity contribution is 0.0697. The van der Waals surface area contributed by atoms with Crippen LogP contribution in [0.1, 0.15) is 17.4 Å². The van der Waals surface area contributed by atoms with Crippen LogP contribution in [0.25, 0.3) is 0 Å². The first kappa shape index (κ1) is 12.6. The Morgan fingerprint density at radius 2 is 2.31 bits per heavy atom. The number of likely N-dealkylation sites (N-methyl/N-ethyl adjacent to an activating group) is 1. The van der Waals surface area contributed by atoms with Crippen molar-refractivity contribution in [3.05, 3.63) is 18.0 Å². The van der Waals surface area contributed by atoms with Gasteiger partial charge in [0.25, 0.3) is 5.91 Å². The van der Waals surface area contributed by atoms with E-state index >= 15 is 0 Å². The number of ether oxygens (including phenoxy) is 1. The normalized spacial score (nSPS) is 10.4. The van der Waals surface area contributed by atoms with Crippen LogP contribution in [0.2, 0.25) is 0 Å². The van der Waals surface area contributed by atoms with Gasteiger partial charge in [0.05, 0.1) is 12.3 Å². The number of nitrogens with zero attached hydrogens (tertiary/aromatic N) is 2. The molecular formula is C11H19N3O2. The lowest BCUT2D eigenvalue weighted by atomic mass is 10.3. The second-order valence-electron chi connectivity index (χ2n) is 3.65. The van der Waals surface area contributed by atoms with Gasteiger partial charge in [-0.2, -0.15) is 0 Å². The zero-order chi connectivity index (χ0) is 12.1. The molecule has 1 rings (SSSR count). The predicted octanol–water partition coefficient (Wildman–Crippen LogP) is 0.716. The molecule has 16 heavy (non-hydrogen) atoms. The lowest BCUT2D eigenvalue weighted by Gasteiger charge is -2.20. The molecule has 1 heterocycles. The highest BCUT2D eigenvalue weighted by molar-refractivity contribution is 5.93. The van der Waals surface area contributed by atoms with Crippen LogP contribution < -0.4 is 5.73 Å². The minimum Gasteiger partial charge on any atom is -0.397 e. The van der Waals surface area contributed by atoms with E-state index in [1.165, 1.54) is 0 Å². The molecule has 0 saturated heterocycles. The summed E-state index contributed by atoms with van der Waals surface area (Å²) >= 11 is 0. The molecule has 1 amide bonds. The number of aromatic nitrogens is 1. The van der Waals surface area contributed by atoms with Crippen molar-refractivity contribution in [3.8, 4) is 0 Å². The fourth-order valence-corrected chi connectivity index (χ4v) is 1.57. The van der Waals surface area contributed by atoms with E-state index in [1.54, 1.807) is 28.8 Å². The number of anilines is 1. The Morgan fingerprint density at radius 1 is 1.62 bits per heavy atom. The number of rotatable bonds is 5. The van der Waals surface area contributed by atoms with Gasteiger partial charge in [0.15, 0.2) is 0 Å². The SMILES string of the molecule is CCN(CCOC)C(=O)c1cc(N)cn1C. The van der Waals surface area contributed by atoms with E-state index in [1.807, 2.05) is 14.0 Å². The quantitative estimate of drug-likeness (QED) is 0.803. The summed E-state index contributed by atoms with van der Waals surface area (Å²) in [5.41, 5.74) is 6.85. The van der Waals surface area contributed by atoms with Crippen LogP contribution in [0.15, 0.2) is 12.3 Å². The summed E-state index contributed by atoms with van der Waals surface area (Å²) in [6.07, 6.45) is 1.73. The maximum absolute atomic E-state index is 12.1. The number of amides is 1. The number of methoxy groups -OCH3 is 1. The molecule has 0 fully saturated rings. The fourth-order valence-electron chi connectivity index (χ4n) is 1.57. The van der Waals surface area contributed by atoms with Crippen LogP contribution in [0, 0.1) is 0 Å². The van der Waals surface area contributed by atoms with E-state index < -0.39 is 0 Å². The maximum atomic E-state index is 12.1. The van der Waals surface area contributed by atoms with E-state index in [0.29, 0.717) is 31.1 Å². The van der Waals surface area contributed by atoms with Crippen LogP contribution in [0.3, 0.4) is 0 Å². The van der Waals surface area contributed by atoms with Crippen molar-refractivity contribution in [2.45, 2.75) is 6.92 Å². The summed E-state index contributed by atoms with van der Waals surface area (Å²) in [6, 6.07) is 1.69. The van der Waals surface area contributed by atoms with Gasteiger partial charge in [-0.15, -0.1) is 0 Å². The molecule has 0 bridgehead atoms. The molecule has 0 aliphatic rings. The number of aryl methyl sites for hydroxylation is 1. The van der Waals surface area contributed by atoms with Gasteiger partial charge in [-0.1, -0.05) is 0 Å². The first-order chi connectivity index (χ1) is 7.60. The summed E-state index contributed by atoms with van der Waals surface area (Å²) in [5, 5.41) is 0. The Balaban J connectivity index is 2.78. The Labute approximate surface area is 95.8 Å². The number of hydrogen-bond acceptors (Lipinski definition) is 3. The fraction of sp³-hybridized carbons (Fsp3) is 0.545. The molecule has 0 aliphatic heterocycles. The van der Waals surface area contributed by atoms with Gasteiger partial charge in [-0.05, 0) is 13.0 Å². The molecule has 0 spiro atoms. The van der Waals surface area contributed by atoms with Crippen LogP contribution in [0.4, 0.5) is 5.69 Å². The van der Waals surface area contributed by atoms with E-state index in [2.05, 4.69) is 0 Å². The summed E-state index contributed by atoms with van der Waals surface area (Å²) < 4.78 is 6.71. The largest absolute Gasteiger partial charge is 0.397 e. The molecule has 0 aromatic carbocycles. The third kappa shape index (κ3) is 2.76. The lowest BCUT2D eigenvalue weighted by Crippen LogP contribution is -2.34. The molecular weight excluding hydrogens is 206 g/mol. The van der Waals surface area contributed by atoms with Crippen molar-refractivity contribution in [2.24, 2.45) is 7.05 Å². The molecule has 90 valence electrons. The van der Waals surface area contributed by atoms with Crippen LogP contribution >= 0.6 is 0 Å². The van der Waals surface area contributed by atoms with E-state index in [9.17, 15) is 4.79 Å². The summed E-state index contributed by atoms with van der Waals surface area (Å²) in [5.74, 6) is -0.0150. The highest BCUT2D eigenvalue weighted by atomic mass is 16.5. The standard InChI is InChI=1S/C11H19N3O2/c1-4-14(5-6-16-3)11(15)10-7-9(12)8-13(10)2/h7-8H,4-6,12H2,1-3H3. The molecule has 2 N–H and O–H groups in total. The highest BCUT2D eigenvalue weighted by Crippen LogP contribution is 2.11. The number of hydrogen-bond donors (Lipinski definition) is 1. The van der Waals surface area contributed by atoms with Crippen molar-refractivity contribution in [3.63, 3.8) is 0 Å². The van der Waals surface area contributed by atoms with Gasteiger partial charge in [0.1, 0.15) is 5.69 Å². The van der Waals surface area contributed by atoms with Gasteiger partial charge in [-0.3, -0.25) is 4.79 Å². The first-order valence-electron chi connectivity index (χ1n) is 5.30. The van der Waals surface area contributed by atoms with Crippen LogP contribution in [0.5, 0.6) is 0 Å². The second kappa shape index (κ2) is 5.55. The van der Waals surface area contributed by atoms with E-state index in [0.717, 1.165) is 0 Å². The zero-order valence-electron chi connectivity index (χ0n) is 10.1. The third-order valence-electron chi connectivity index (χ3n) is 2.48. The van der Waals surface area contributed by atoms with Gasteiger partial charge >= 0.3 is 0 Å². The third-order valence-corrected chi connectivity index (χ3v) is 2.48. The monoisotopic (exact) mass is 225 g/mol. The van der Waals surface area contributed by atoms with Crippen molar-refractivity contribution < 1.29 is 9.53 Å². The average Bonchev–Trinajstić information content (AvgIpc) is 2.58. The smallest absolute Gasteiger partial charge is 0.270 e. The van der Waals surface area contributed by atoms with Gasteiger partial charge in [0.2, 0.25) is 0 Å². The van der Waals surface area contributed by atoms with Crippen molar-refractivity contribution >= 4 is 11.6 Å². The van der Waals surface area contributed by atoms with Gasteiger partial charge in [-0.25, -0.2) is 0 Å². The molecule has 5 heteroatoms. The molecule has 0 radical (unpaired) electrons. The van der Waals surface area contributed by atoms with E-state index in [-0.39, 0.29) is 5.91 Å². The van der Waals surface area contributed by atoms with Gasteiger partial charge < -0.3 is 19.9 Å². The van der Waals surface area contributed by atoms with Crippen LogP contribution in [-0.2, 0) is 11.8 Å². The Hall–Kier alpha value is -1.49. The topological polar surface area (TPSA) is 60.5 Å². The van der Waals surface area contributed by atoms with Crippen molar-refractivity contribution in [1.29, 1.82) is 0 Å². The van der Waals surface area contributed by atoms with Crippen molar-refractivity contribution in [2.75, 3.05) is 32.5 Å². The minimum absolute atomic E-state index is 0.0150. The van der Waals surface area contributed by atoms with Crippen molar-refractivity contribution in [1.82, 2.24) is 9.47 Å². The second-order valence-corrected chi connectivity index (χ2v) is 3.65. The predicted molar refractivity (Wildman–Crippen MR) is 63.3 cm³/mol. The Bertz CT molecular complexity index is 360. The number of nitrogens with two attached hydrogens (primary N) is 1. The Kier molecular flexibility index (Phi) is 4.37. The Morgan fingerprint density at radius 3 is 2.75 bits per heavy atom. The van der Waals surface area contributed by atoms with E-state index in [4.69, 9.17) is 10.5 Å². The molecule has 0 unspecified atom stereocenters. The molecule has 0 atom stereocenters. The minimum atomic E-state index is -0.0150. The molecule has 1 aromatic heterocycles. The average molecular weight is 225 g/mol. The number of carbonyl (C=O) groups is 1. The molecule has 0 aliphatic carbocycles. The zero-order valence-corrected chi connectivity index (χ0v) is 10.1. The van der Waals surface area contributed by atoms with Gasteiger partial charge in [0, 0.05) is 33.4 Å². The number of nitrogen functional groups attached to an aromatic ring is 1. The molecule has 1 aromatic rings. The van der Waals surface area contributed by atoms with Crippen LogP contribution in [-0.4, -0.2) is 42.2 Å². The number of carbonyl (C=O) groups excluding carboxylic acids is 1. The molecule has 0 saturated carbocycles. The molecule has 5 nitrogen and oxygen atoms in total. The maximum Gasteiger partial charge on any atom is 0.270 e.